The van der Waals surface area contributed by atoms with Gasteiger partial charge in [0.2, 0.25) is 11.8 Å². The van der Waals surface area contributed by atoms with Gasteiger partial charge in [-0.25, -0.2) is 4.79 Å². The predicted octanol–water partition coefficient (Wildman–Crippen LogP) is 3.07. The molecule has 0 saturated carbocycles. The van der Waals surface area contributed by atoms with Crippen LogP contribution in [0.4, 0.5) is 11.4 Å². The third-order valence-corrected chi connectivity index (χ3v) is 5.04. The van der Waals surface area contributed by atoms with E-state index in [9.17, 15) is 24.3 Å². The number of azo groups is 1. The number of aromatic carboxylic acids is 1. The average molecular weight is 436 g/mol. The minimum Gasteiger partial charge on any atom is -0.507 e. The van der Waals surface area contributed by atoms with Crippen LogP contribution < -0.4 is 5.32 Å². The summed E-state index contributed by atoms with van der Waals surface area (Å²) in [5.41, 5.74) is 1.31. The molecule has 10 heteroatoms. The third-order valence-electron chi connectivity index (χ3n) is 5.04. The summed E-state index contributed by atoms with van der Waals surface area (Å²) in [7, 11) is 0. The fourth-order valence-electron chi connectivity index (χ4n) is 3.53. The van der Waals surface area contributed by atoms with Gasteiger partial charge >= 0.3 is 5.97 Å². The molecule has 1 saturated heterocycles. The molecule has 32 heavy (non-hydrogen) atoms. The van der Waals surface area contributed by atoms with E-state index in [1.807, 2.05) is 0 Å². The Morgan fingerprint density at radius 3 is 2.56 bits per heavy atom. The number of carboxylic acids is 1. The molecule has 0 bridgehead atoms. The molecule has 0 aromatic heterocycles. The van der Waals surface area contributed by atoms with Crippen LogP contribution in [0.15, 0.2) is 59.8 Å². The number of aromatic hydroxyl groups is 1. The van der Waals surface area contributed by atoms with Gasteiger partial charge in [0.15, 0.2) is 0 Å². The molecule has 0 aliphatic carbocycles. The highest BCUT2D eigenvalue weighted by Gasteiger charge is 2.39. The molecule has 2 aromatic carbocycles. The van der Waals surface area contributed by atoms with Crippen LogP contribution in [0.3, 0.4) is 0 Å². The van der Waals surface area contributed by atoms with E-state index >= 15 is 0 Å². The Labute approximate surface area is 182 Å². The number of hydrogen-bond donors (Lipinski definition) is 3. The van der Waals surface area contributed by atoms with Crippen molar-refractivity contribution in [2.75, 3.05) is 0 Å². The average Bonchev–Trinajstić information content (AvgIpc) is 3.11. The lowest BCUT2D eigenvalue weighted by atomic mass is 10.0. The highest BCUT2D eigenvalue weighted by atomic mass is 16.4. The number of nitrogens with zero attached hydrogens (tertiary/aromatic N) is 3. The van der Waals surface area contributed by atoms with Crippen LogP contribution in [0, 0.1) is 0 Å². The minimum absolute atomic E-state index is 0.144. The molecule has 0 radical (unpaired) electrons. The first-order chi connectivity index (χ1) is 15.3. The lowest BCUT2D eigenvalue weighted by Crippen LogP contribution is -2.52. The van der Waals surface area contributed by atoms with Crippen LogP contribution in [0.5, 0.6) is 5.75 Å². The largest absolute Gasteiger partial charge is 0.507 e. The summed E-state index contributed by atoms with van der Waals surface area (Å²) in [4.78, 5) is 48.9. The molecular weight excluding hydrogens is 416 g/mol. The van der Waals surface area contributed by atoms with Crippen LogP contribution >= 0.6 is 0 Å². The number of piperidine rings is 1. The topological polar surface area (TPSA) is 149 Å². The summed E-state index contributed by atoms with van der Waals surface area (Å²) >= 11 is 0. The minimum atomic E-state index is -1.30. The van der Waals surface area contributed by atoms with E-state index in [1.165, 1.54) is 23.1 Å². The van der Waals surface area contributed by atoms with Crippen LogP contribution in [0.2, 0.25) is 0 Å². The molecule has 0 spiro atoms. The van der Waals surface area contributed by atoms with Gasteiger partial charge in [0.1, 0.15) is 17.4 Å². The Morgan fingerprint density at radius 2 is 1.88 bits per heavy atom. The fourth-order valence-corrected chi connectivity index (χ4v) is 3.53. The molecule has 2 aromatic rings. The lowest BCUT2D eigenvalue weighted by Gasteiger charge is -2.29. The van der Waals surface area contributed by atoms with Gasteiger partial charge in [0.05, 0.1) is 11.4 Å². The molecule has 2 aliphatic heterocycles. The number of rotatable bonds is 4. The van der Waals surface area contributed by atoms with Gasteiger partial charge < -0.3 is 15.1 Å². The highest BCUT2D eigenvalue weighted by Crippen LogP contribution is 2.34. The number of fused-ring (bicyclic) bond motifs is 1. The SMILES string of the molecule is C=C.O=C1CCC(N2Cc3c(N=Nc4ccc(O)c(C(=O)O)c4)cccc3C2=O)C(=O)N1. The molecule has 164 valence electrons. The van der Waals surface area contributed by atoms with Crippen molar-refractivity contribution in [3.05, 3.63) is 66.2 Å². The number of amides is 3. The smallest absolute Gasteiger partial charge is 0.339 e. The quantitative estimate of drug-likeness (QED) is 0.381. The van der Waals surface area contributed by atoms with Gasteiger partial charge in [0.25, 0.3) is 5.91 Å². The molecule has 2 heterocycles. The summed E-state index contributed by atoms with van der Waals surface area (Å²) in [5.74, 6) is -2.86. The molecule has 1 atom stereocenters. The first kappa shape index (κ1) is 22.3. The van der Waals surface area contributed by atoms with Crippen molar-refractivity contribution in [1.82, 2.24) is 10.2 Å². The van der Waals surface area contributed by atoms with E-state index in [1.54, 1.807) is 18.2 Å². The maximum absolute atomic E-state index is 12.8. The Bertz CT molecular complexity index is 1140. The first-order valence-electron chi connectivity index (χ1n) is 9.60. The van der Waals surface area contributed by atoms with Gasteiger partial charge in [-0.05, 0) is 36.8 Å². The maximum atomic E-state index is 12.8. The molecule has 10 nitrogen and oxygen atoms in total. The number of carbonyl (C=O) groups excluding carboxylic acids is 3. The van der Waals surface area contributed by atoms with Crippen LogP contribution in [0.1, 0.15) is 39.1 Å². The number of phenols is 1. The summed E-state index contributed by atoms with van der Waals surface area (Å²) in [6, 6.07) is 8.00. The first-order valence-corrected chi connectivity index (χ1v) is 9.60. The number of carbonyl (C=O) groups is 4. The Balaban J connectivity index is 0.00000141. The maximum Gasteiger partial charge on any atom is 0.339 e. The molecule has 3 amide bonds. The van der Waals surface area contributed by atoms with E-state index < -0.39 is 17.9 Å². The summed E-state index contributed by atoms with van der Waals surface area (Å²) in [5, 5.41) is 29.1. The fraction of sp³-hybridized carbons (Fsp3) is 0.182. The summed E-state index contributed by atoms with van der Waals surface area (Å²) in [6.07, 6.45) is 0.419. The van der Waals surface area contributed by atoms with E-state index in [4.69, 9.17) is 5.11 Å². The zero-order chi connectivity index (χ0) is 23.4. The van der Waals surface area contributed by atoms with Crippen molar-refractivity contribution in [2.45, 2.75) is 25.4 Å². The Morgan fingerprint density at radius 1 is 1.12 bits per heavy atom. The second-order valence-corrected chi connectivity index (χ2v) is 6.91. The Hall–Kier alpha value is -4.34. The molecule has 1 unspecified atom stereocenters. The third kappa shape index (κ3) is 4.24. The van der Waals surface area contributed by atoms with Gasteiger partial charge in [-0.15, -0.1) is 13.2 Å². The van der Waals surface area contributed by atoms with Crippen LogP contribution in [0.25, 0.3) is 0 Å². The van der Waals surface area contributed by atoms with Crippen molar-refractivity contribution >= 4 is 35.1 Å². The van der Waals surface area contributed by atoms with Gasteiger partial charge in [-0.3, -0.25) is 19.7 Å². The second-order valence-electron chi connectivity index (χ2n) is 6.91. The zero-order valence-electron chi connectivity index (χ0n) is 16.9. The van der Waals surface area contributed by atoms with Crippen molar-refractivity contribution in [1.29, 1.82) is 0 Å². The zero-order valence-corrected chi connectivity index (χ0v) is 16.9. The highest BCUT2D eigenvalue weighted by molar-refractivity contribution is 6.06. The molecule has 3 N–H and O–H groups in total. The van der Waals surface area contributed by atoms with Crippen molar-refractivity contribution in [2.24, 2.45) is 10.2 Å². The molecular formula is C22H20N4O6. The van der Waals surface area contributed by atoms with E-state index in [2.05, 4.69) is 28.7 Å². The molecule has 1 fully saturated rings. The monoisotopic (exact) mass is 436 g/mol. The molecule has 4 rings (SSSR count). The normalized spacial score (nSPS) is 17.6. The summed E-state index contributed by atoms with van der Waals surface area (Å²) in [6.45, 7) is 6.14. The van der Waals surface area contributed by atoms with Crippen LogP contribution in [-0.2, 0) is 16.1 Å². The second kappa shape index (κ2) is 9.21. The van der Waals surface area contributed by atoms with Crippen molar-refractivity contribution < 1.29 is 29.4 Å². The summed E-state index contributed by atoms with van der Waals surface area (Å²) < 4.78 is 0. The predicted molar refractivity (Wildman–Crippen MR) is 113 cm³/mol. The number of imide groups is 1. The van der Waals surface area contributed by atoms with Gasteiger partial charge in [-0.1, -0.05) is 6.07 Å². The van der Waals surface area contributed by atoms with Gasteiger partial charge in [0, 0.05) is 24.1 Å². The Kier molecular flexibility index (Phi) is 6.43. The van der Waals surface area contributed by atoms with E-state index in [0.717, 1.165) is 0 Å². The standard InChI is InChI=1S/C20H16N4O6.C2H4/c25-16-6-4-10(8-12(16)20(29)30)22-23-14-3-1-2-11-13(14)9-24(19(11)28)15-5-7-17(26)21-18(15)27;1-2/h1-4,6,8,15,25H,5,7,9H2,(H,29,30)(H,21,26,27);1-2H2. The number of carboxylic acid groups (broad SMARTS) is 1. The van der Waals surface area contributed by atoms with E-state index in [0.29, 0.717) is 16.8 Å². The number of nitrogens with one attached hydrogen (secondary N) is 1. The van der Waals surface area contributed by atoms with E-state index in [-0.39, 0.29) is 48.2 Å². The van der Waals surface area contributed by atoms with Crippen molar-refractivity contribution in [3.63, 3.8) is 0 Å². The lowest BCUT2D eigenvalue weighted by molar-refractivity contribution is -0.136. The number of hydrogen-bond acceptors (Lipinski definition) is 7. The van der Waals surface area contributed by atoms with Crippen molar-refractivity contribution in [3.8, 4) is 5.75 Å². The van der Waals surface area contributed by atoms with Crippen LogP contribution in [-0.4, -0.2) is 44.8 Å². The number of benzene rings is 2. The molecule has 2 aliphatic rings. The van der Waals surface area contributed by atoms with Gasteiger partial charge in [-0.2, -0.15) is 10.2 Å².